The van der Waals surface area contributed by atoms with Gasteiger partial charge >= 0.3 is 185 Å². The van der Waals surface area contributed by atoms with Crippen LogP contribution in [0.2, 0.25) is 5.32 Å². The first-order valence-electron chi connectivity index (χ1n) is 9.66. The Hall–Kier alpha value is -2.56. The molecule has 5 nitrogen and oxygen atoms in total. The number of hydrogen-bond donors (Lipinski definition) is 0. The molecule has 2 aromatic carbocycles. The summed E-state index contributed by atoms with van der Waals surface area (Å²) in [5, 5.41) is 0.595. The van der Waals surface area contributed by atoms with Crippen molar-refractivity contribution in [3.63, 3.8) is 0 Å². The van der Waals surface area contributed by atoms with Gasteiger partial charge in [0.15, 0.2) is 0 Å². The average molecular weight is 475 g/mol. The van der Waals surface area contributed by atoms with Gasteiger partial charge in [0.05, 0.1) is 0 Å². The van der Waals surface area contributed by atoms with Gasteiger partial charge in [-0.15, -0.1) is 0 Å². The quantitative estimate of drug-likeness (QED) is 0.239. The summed E-state index contributed by atoms with van der Waals surface area (Å²) in [5.74, 6) is -1.38. The van der Waals surface area contributed by atoms with E-state index in [0.29, 0.717) is 5.32 Å². The number of carbonyl (C=O) groups excluding carboxylic acids is 2. The minimum atomic E-state index is -0.613. The molecule has 0 aliphatic rings. The van der Waals surface area contributed by atoms with Crippen molar-refractivity contribution in [1.82, 2.24) is 0 Å². The molecule has 0 spiro atoms. The van der Waals surface area contributed by atoms with Crippen molar-refractivity contribution < 1.29 is 23.8 Å². The molecule has 30 heavy (non-hydrogen) atoms. The van der Waals surface area contributed by atoms with Crippen LogP contribution in [-0.2, 0) is 23.8 Å². The van der Waals surface area contributed by atoms with Crippen LogP contribution >= 0.6 is 0 Å². The third-order valence-corrected chi connectivity index (χ3v) is 6.38. The third kappa shape index (κ3) is 8.05. The molecule has 0 heterocycles. The number of methoxy groups -OCH3 is 1. The summed E-state index contributed by atoms with van der Waals surface area (Å²) in [6.07, 6.45) is 1.90. The van der Waals surface area contributed by atoms with Gasteiger partial charge in [-0.25, -0.2) is 0 Å². The number of esters is 2. The average Bonchev–Trinajstić information content (AvgIpc) is 2.72. The molecule has 0 N–H and O–H groups in total. The maximum absolute atomic E-state index is 13.1. The van der Waals surface area contributed by atoms with Gasteiger partial charge in [-0.05, 0) is 0 Å². The summed E-state index contributed by atoms with van der Waals surface area (Å²) in [6.45, 7) is 5.54. The Labute approximate surface area is 184 Å². The predicted molar refractivity (Wildman–Crippen MR) is 117 cm³/mol. The van der Waals surface area contributed by atoms with Crippen molar-refractivity contribution in [3.8, 4) is 0 Å². The summed E-state index contributed by atoms with van der Waals surface area (Å²) in [7, 11) is 1.30. The Kier molecular flexibility index (Phi) is 9.15. The van der Waals surface area contributed by atoms with Crippen molar-refractivity contribution in [2.24, 2.45) is 5.92 Å². The Morgan fingerprint density at radius 1 is 1.00 bits per heavy atom. The standard InChI is InChI=1S/C24H28O5Se/c1-24(2,3)29-23(26)20(17-30-19-13-9-6-10-14-19)22(18-11-7-5-8-12-18)28-16-15-21(25)27-4/h5-16,20,22H,17H2,1-4H3/b16-15+/t20-,22+/m1/s1. The summed E-state index contributed by atoms with van der Waals surface area (Å²) in [5.41, 5.74) is 0.227. The maximum atomic E-state index is 13.1. The summed E-state index contributed by atoms with van der Waals surface area (Å²) in [4.78, 5) is 24.6. The molecule has 0 saturated heterocycles. The van der Waals surface area contributed by atoms with Crippen molar-refractivity contribution in [2.45, 2.75) is 37.8 Å². The first kappa shape index (κ1) is 23.7. The van der Waals surface area contributed by atoms with E-state index in [9.17, 15) is 9.59 Å². The van der Waals surface area contributed by atoms with Crippen LogP contribution in [0, 0.1) is 5.92 Å². The molecule has 0 aliphatic heterocycles. The number of rotatable bonds is 9. The second-order valence-corrected chi connectivity index (χ2v) is 9.85. The molecule has 0 fully saturated rings. The second-order valence-electron chi connectivity index (χ2n) is 7.56. The number of carbonyl (C=O) groups is 2. The fraction of sp³-hybridized carbons (Fsp3) is 0.333. The molecule has 2 atom stereocenters. The monoisotopic (exact) mass is 476 g/mol. The van der Waals surface area contributed by atoms with Crippen LogP contribution in [0.3, 0.4) is 0 Å². The molecule has 0 amide bonds. The number of hydrogen-bond acceptors (Lipinski definition) is 5. The van der Waals surface area contributed by atoms with Gasteiger partial charge in [0.2, 0.25) is 0 Å². The van der Waals surface area contributed by atoms with E-state index in [1.54, 1.807) is 0 Å². The van der Waals surface area contributed by atoms with E-state index >= 15 is 0 Å². The van der Waals surface area contributed by atoms with E-state index in [0.717, 1.165) is 5.56 Å². The van der Waals surface area contributed by atoms with Gasteiger partial charge in [0, 0.05) is 0 Å². The van der Waals surface area contributed by atoms with Crippen LogP contribution in [-0.4, -0.2) is 39.6 Å². The van der Waals surface area contributed by atoms with E-state index in [-0.39, 0.29) is 20.9 Å². The van der Waals surface area contributed by atoms with Crippen LogP contribution in [0.15, 0.2) is 73.0 Å². The van der Waals surface area contributed by atoms with Crippen LogP contribution in [0.1, 0.15) is 32.4 Å². The van der Waals surface area contributed by atoms with E-state index in [4.69, 9.17) is 9.47 Å². The summed E-state index contributed by atoms with van der Waals surface area (Å²) < 4.78 is 17.4. The van der Waals surface area contributed by atoms with Gasteiger partial charge in [-0.1, -0.05) is 0 Å². The van der Waals surface area contributed by atoms with Crippen LogP contribution < -0.4 is 4.46 Å². The second kappa shape index (κ2) is 11.6. The molecule has 2 aromatic rings. The summed E-state index contributed by atoms with van der Waals surface area (Å²) in [6, 6.07) is 19.6. The first-order valence-corrected chi connectivity index (χ1v) is 11.7. The molecular formula is C24H28O5Se. The molecule has 0 bridgehead atoms. The van der Waals surface area contributed by atoms with Gasteiger partial charge in [-0.2, -0.15) is 0 Å². The zero-order valence-electron chi connectivity index (χ0n) is 17.7. The number of benzene rings is 2. The Morgan fingerprint density at radius 2 is 1.60 bits per heavy atom. The topological polar surface area (TPSA) is 61.8 Å². The first-order chi connectivity index (χ1) is 14.3. The van der Waals surface area contributed by atoms with Gasteiger partial charge in [0.25, 0.3) is 0 Å². The molecule has 0 saturated carbocycles. The summed E-state index contributed by atoms with van der Waals surface area (Å²) >= 11 is 0.0469. The third-order valence-electron chi connectivity index (χ3n) is 4.01. The van der Waals surface area contributed by atoms with Crippen molar-refractivity contribution >= 4 is 31.4 Å². The van der Waals surface area contributed by atoms with Crippen LogP contribution in [0.5, 0.6) is 0 Å². The van der Waals surface area contributed by atoms with E-state index in [2.05, 4.69) is 16.9 Å². The number of ether oxygens (including phenoxy) is 3. The van der Waals surface area contributed by atoms with E-state index in [1.165, 1.54) is 23.9 Å². The van der Waals surface area contributed by atoms with E-state index in [1.807, 2.05) is 69.3 Å². The van der Waals surface area contributed by atoms with Gasteiger partial charge < -0.3 is 0 Å². The molecule has 6 heteroatoms. The molecular weight excluding hydrogens is 447 g/mol. The van der Waals surface area contributed by atoms with Crippen molar-refractivity contribution in [2.75, 3.05) is 7.11 Å². The van der Waals surface area contributed by atoms with Crippen molar-refractivity contribution in [1.29, 1.82) is 0 Å². The molecule has 0 radical (unpaired) electrons. The SMILES string of the molecule is COC(=O)/C=C/O[C@@H](c1ccccc1)[C@@H](C[Se]c1ccccc1)C(=O)OC(C)(C)C. The fourth-order valence-corrected chi connectivity index (χ4v) is 4.82. The van der Waals surface area contributed by atoms with E-state index < -0.39 is 23.6 Å². The zero-order valence-corrected chi connectivity index (χ0v) is 19.5. The zero-order chi connectivity index (χ0) is 22.0. The molecule has 0 aromatic heterocycles. The Bertz CT molecular complexity index is 828. The molecule has 2 rings (SSSR count). The van der Waals surface area contributed by atoms with Crippen molar-refractivity contribution in [3.05, 3.63) is 78.6 Å². The Morgan fingerprint density at radius 3 is 2.17 bits per heavy atom. The van der Waals surface area contributed by atoms with Crippen LogP contribution in [0.4, 0.5) is 0 Å². The van der Waals surface area contributed by atoms with Crippen LogP contribution in [0.25, 0.3) is 0 Å². The minimum absolute atomic E-state index is 0.0469. The van der Waals surface area contributed by atoms with Gasteiger partial charge in [0.1, 0.15) is 0 Å². The normalized spacial score (nSPS) is 13.5. The Balaban J connectivity index is 2.32. The molecule has 0 unspecified atom stereocenters. The predicted octanol–water partition coefficient (Wildman–Crippen LogP) is 3.84. The van der Waals surface area contributed by atoms with Gasteiger partial charge in [-0.3, -0.25) is 0 Å². The molecule has 160 valence electrons. The fourth-order valence-electron chi connectivity index (χ4n) is 2.66. The molecule has 0 aliphatic carbocycles.